The van der Waals surface area contributed by atoms with Crippen molar-refractivity contribution < 1.29 is 0 Å². The molecule has 16 aliphatic rings. The Morgan fingerprint density at radius 1 is 0.397 bits per heavy atom. The first-order chi connectivity index (χ1) is 38.1. The van der Waals surface area contributed by atoms with E-state index < -0.39 is 0 Å². The summed E-state index contributed by atoms with van der Waals surface area (Å²) in [6, 6.07) is 13.7. The van der Waals surface area contributed by atoms with E-state index in [0.717, 1.165) is 58.6 Å². The second-order valence-electron chi connectivity index (χ2n) is 31.3. The van der Waals surface area contributed by atoms with E-state index >= 15 is 0 Å². The van der Waals surface area contributed by atoms with Crippen LogP contribution < -0.4 is 0 Å². The SMILES string of the molecule is [C-]#[N+]c1cc2c(c3c1C1CC4CC(C1)CC3C4)c1c3c(cc4c5c(C(C)C)c6c(c(C(C)C)c5n2c41)c1cc2c(c4c5c7c(c(C#N)cc5n6c14)C1CC4CC(C1)CC7C4)C1CC4CC(CC2C4)C1)C1CC2CC(C1)CC3C2. The first-order valence-corrected chi connectivity index (χ1v) is 32.6. The molecule has 0 spiro atoms. The average molecular weight is 1020 g/mol. The monoisotopic (exact) mass is 1020 g/mol. The zero-order chi connectivity index (χ0) is 50.9. The van der Waals surface area contributed by atoms with E-state index in [9.17, 15) is 5.26 Å². The van der Waals surface area contributed by atoms with Gasteiger partial charge in [0.05, 0.1) is 45.8 Å². The second kappa shape index (κ2) is 14.2. The predicted octanol–water partition coefficient (Wildman–Crippen LogP) is 20.2. The number of hydrogen-bond donors (Lipinski definition) is 0. The van der Waals surface area contributed by atoms with E-state index in [1.165, 1.54) is 200 Å². The fourth-order valence-corrected chi connectivity index (χ4v) is 25.4. The van der Waals surface area contributed by atoms with Gasteiger partial charge in [0.2, 0.25) is 0 Å². The van der Waals surface area contributed by atoms with E-state index in [0.29, 0.717) is 47.3 Å². The molecule has 8 atom stereocenters. The fraction of sp³-hybridized carbons (Fsp3) is 0.568. The van der Waals surface area contributed by atoms with Crippen LogP contribution in [-0.2, 0) is 0 Å². The van der Waals surface area contributed by atoms with Crippen LogP contribution in [0.3, 0.4) is 0 Å². The molecule has 4 aromatic heterocycles. The molecule has 4 nitrogen and oxygen atoms in total. The summed E-state index contributed by atoms with van der Waals surface area (Å²) in [4.78, 5) is 4.67. The van der Waals surface area contributed by atoms with Crippen molar-refractivity contribution in [2.24, 2.45) is 47.3 Å². The number of aromatic nitrogens is 2. The maximum Gasteiger partial charge on any atom is 0.193 e. The highest BCUT2D eigenvalue weighted by Crippen LogP contribution is 2.67. The lowest BCUT2D eigenvalue weighted by atomic mass is 9.66. The van der Waals surface area contributed by atoms with Crippen molar-refractivity contribution in [2.75, 3.05) is 0 Å². The minimum Gasteiger partial charge on any atom is -0.309 e. The van der Waals surface area contributed by atoms with Gasteiger partial charge in [-0.2, -0.15) is 5.26 Å². The Balaban J connectivity index is 1.01. The van der Waals surface area contributed by atoms with Gasteiger partial charge in [0.15, 0.2) is 5.69 Å². The fourth-order valence-electron chi connectivity index (χ4n) is 25.4. The number of fused-ring (bicyclic) bond motifs is 12. The lowest BCUT2D eigenvalue weighted by Crippen LogP contribution is -2.25. The van der Waals surface area contributed by atoms with Gasteiger partial charge in [-0.05, 0) is 315 Å². The van der Waals surface area contributed by atoms with Crippen molar-refractivity contribution in [1.29, 1.82) is 5.26 Å². The average Bonchev–Trinajstić information content (AvgIpc) is 2.42. The summed E-state index contributed by atoms with van der Waals surface area (Å²) in [5.74, 6) is 11.8. The van der Waals surface area contributed by atoms with Gasteiger partial charge in [-0.25, -0.2) is 4.85 Å². The molecule has 0 N–H and O–H groups in total. The summed E-state index contributed by atoms with van der Waals surface area (Å²) in [6.07, 6.45) is 27.1. The van der Waals surface area contributed by atoms with Crippen molar-refractivity contribution in [1.82, 2.24) is 8.80 Å². The third-order valence-electron chi connectivity index (χ3n) is 26.7. The molecule has 390 valence electrons. The molecule has 5 aromatic carbocycles. The van der Waals surface area contributed by atoms with Gasteiger partial charge in [-0.3, -0.25) is 0 Å². The van der Waals surface area contributed by atoms with Crippen LogP contribution >= 0.6 is 0 Å². The molecule has 16 bridgehead atoms. The molecule has 4 heterocycles. The first kappa shape index (κ1) is 43.5. The largest absolute Gasteiger partial charge is 0.309 e. The smallest absolute Gasteiger partial charge is 0.193 e. The Bertz CT molecular complexity index is 4070. The first-order valence-electron chi connectivity index (χ1n) is 32.6. The summed E-state index contributed by atoms with van der Waals surface area (Å²) in [5.41, 5.74) is 27.1. The second-order valence-corrected chi connectivity index (χ2v) is 31.3. The van der Waals surface area contributed by atoms with Gasteiger partial charge < -0.3 is 8.80 Å². The van der Waals surface area contributed by atoms with Crippen molar-refractivity contribution >= 4 is 81.9 Å². The van der Waals surface area contributed by atoms with Crippen molar-refractivity contribution in [3.8, 4) is 6.07 Å². The van der Waals surface area contributed by atoms with Crippen LogP contribution in [0.2, 0.25) is 0 Å². The zero-order valence-electron chi connectivity index (χ0n) is 46.6. The molecule has 78 heavy (non-hydrogen) atoms. The van der Waals surface area contributed by atoms with Crippen molar-refractivity contribution in [3.63, 3.8) is 0 Å². The Morgan fingerprint density at radius 3 is 1.13 bits per heavy atom. The molecule has 0 aliphatic heterocycles. The number of nitriles is 1. The van der Waals surface area contributed by atoms with Crippen LogP contribution in [0, 0.1) is 65.2 Å². The maximum atomic E-state index is 11.6. The van der Waals surface area contributed by atoms with E-state index in [1.807, 2.05) is 0 Å². The highest BCUT2D eigenvalue weighted by Gasteiger charge is 2.51. The molecule has 8 fully saturated rings. The molecular weight excluding hydrogens is 945 g/mol. The third-order valence-corrected chi connectivity index (χ3v) is 26.7. The normalized spacial score (nSPS) is 36.2. The van der Waals surface area contributed by atoms with Gasteiger partial charge in [0.1, 0.15) is 0 Å². The highest BCUT2D eigenvalue weighted by atomic mass is 15.0. The molecular formula is C74H74N4. The molecule has 8 saturated carbocycles. The van der Waals surface area contributed by atoms with Crippen molar-refractivity contribution in [3.05, 3.63) is 96.9 Å². The Kier molecular flexibility index (Phi) is 7.93. The van der Waals surface area contributed by atoms with Gasteiger partial charge in [-0.15, -0.1) is 0 Å². The van der Waals surface area contributed by atoms with Gasteiger partial charge in [0, 0.05) is 48.6 Å². The molecule has 0 amide bonds. The lowest BCUT2D eigenvalue weighted by Gasteiger charge is -2.38. The van der Waals surface area contributed by atoms with Gasteiger partial charge >= 0.3 is 0 Å². The molecule has 9 aromatic rings. The summed E-state index contributed by atoms with van der Waals surface area (Å²) < 4.78 is 5.81. The Labute approximate surface area is 459 Å². The summed E-state index contributed by atoms with van der Waals surface area (Å²) in [7, 11) is 0. The number of rotatable bonds is 2. The van der Waals surface area contributed by atoms with Crippen LogP contribution in [0.1, 0.15) is 276 Å². The van der Waals surface area contributed by atoms with Crippen LogP contribution in [0.5, 0.6) is 0 Å². The van der Waals surface area contributed by atoms with Gasteiger partial charge in [0.25, 0.3) is 0 Å². The van der Waals surface area contributed by atoms with Gasteiger partial charge in [-0.1, -0.05) is 27.7 Å². The molecule has 4 heteroatoms. The van der Waals surface area contributed by atoms with Crippen LogP contribution in [-0.4, -0.2) is 8.80 Å². The Morgan fingerprint density at radius 2 is 0.744 bits per heavy atom. The minimum absolute atomic E-state index is 0.264. The molecule has 0 radical (unpaired) electrons. The highest BCUT2D eigenvalue weighted by molar-refractivity contribution is 6.33. The van der Waals surface area contributed by atoms with Crippen LogP contribution in [0.25, 0.3) is 81.0 Å². The van der Waals surface area contributed by atoms with Crippen molar-refractivity contribution in [2.45, 2.75) is 215 Å². The molecule has 25 rings (SSSR count). The third kappa shape index (κ3) is 4.97. The number of benzene rings is 5. The van der Waals surface area contributed by atoms with E-state index in [4.69, 9.17) is 6.57 Å². The predicted molar refractivity (Wildman–Crippen MR) is 317 cm³/mol. The summed E-state index contributed by atoms with van der Waals surface area (Å²) in [5, 5.41) is 24.2. The summed E-state index contributed by atoms with van der Waals surface area (Å²) >= 11 is 0. The number of nitrogens with zero attached hydrogens (tertiary/aromatic N) is 4. The lowest BCUT2D eigenvalue weighted by molar-refractivity contribution is 0.166. The number of hydrogen-bond acceptors (Lipinski definition) is 1. The minimum atomic E-state index is 0.264. The topological polar surface area (TPSA) is 37.0 Å². The zero-order valence-corrected chi connectivity index (χ0v) is 46.6. The summed E-state index contributed by atoms with van der Waals surface area (Å²) in [6.45, 7) is 19.3. The van der Waals surface area contributed by atoms with Crippen LogP contribution in [0.4, 0.5) is 5.69 Å². The van der Waals surface area contributed by atoms with Crippen LogP contribution in [0.15, 0.2) is 24.3 Å². The van der Waals surface area contributed by atoms with E-state index in [1.54, 1.807) is 60.5 Å². The standard InChI is InChI=1S/C74H74N4/c1-31(2)57-66-53-28-51-42-12-35-7-36(13-42)19-45(18-35)61(51)70-68-56(29-54(76-5)62-46-20-39-9-40(21-46)25-48(24-39)64(62)68)78(72(53)70)74(66)58(32(3)4)65-52-27-50-41-10-33-6-34(11-41)17-44(16-33)60(50)69-67-55(77(71(52)69)73(57)65)26-49(30-75)59-43-14-37-8-38(15-43)23-47(22-37)63(59)67/h26-29,31-48H,6-25H2,1-4H3. The molecule has 8 unspecified atom stereocenters. The quantitative estimate of drug-likeness (QED) is 0.159. The van der Waals surface area contributed by atoms with E-state index in [-0.39, 0.29) is 11.8 Å². The maximum absolute atomic E-state index is 11.6. The molecule has 16 aliphatic carbocycles. The molecule has 0 saturated heterocycles. The Hall–Kier alpha value is -5.32. The van der Waals surface area contributed by atoms with E-state index in [2.05, 4.69) is 71.7 Å².